The Kier molecular flexibility index (Phi) is 6.12. The Morgan fingerprint density at radius 2 is 1.58 bits per heavy atom. The van der Waals surface area contributed by atoms with Crippen molar-refractivity contribution in [1.82, 2.24) is 14.8 Å². The average molecular weight is 414 g/mol. The molecule has 0 spiro atoms. The second-order valence-electron chi connectivity index (χ2n) is 8.83. The van der Waals surface area contributed by atoms with Crippen molar-refractivity contribution in [2.24, 2.45) is 0 Å². The van der Waals surface area contributed by atoms with E-state index in [0.29, 0.717) is 12.0 Å². The van der Waals surface area contributed by atoms with Gasteiger partial charge >= 0.3 is 0 Å². The predicted molar refractivity (Wildman–Crippen MR) is 125 cm³/mol. The minimum absolute atomic E-state index is 0.224. The van der Waals surface area contributed by atoms with Gasteiger partial charge in [0.1, 0.15) is 0 Å². The average Bonchev–Trinajstić information content (AvgIpc) is 2.81. The van der Waals surface area contributed by atoms with Crippen molar-refractivity contribution >= 4 is 0 Å². The van der Waals surface area contributed by atoms with E-state index in [9.17, 15) is 5.11 Å². The summed E-state index contributed by atoms with van der Waals surface area (Å²) in [6, 6.07) is 26.4. The maximum Gasteiger partial charge on any atom is 0.0593 e. The van der Waals surface area contributed by atoms with Gasteiger partial charge in [-0.3, -0.25) is 14.8 Å². The molecule has 3 heterocycles. The van der Waals surface area contributed by atoms with Crippen LogP contribution in [-0.2, 0) is 6.54 Å². The second-order valence-corrected chi connectivity index (χ2v) is 8.83. The monoisotopic (exact) mass is 413 g/mol. The first kappa shape index (κ1) is 20.4. The number of aliphatic hydroxyl groups is 1. The van der Waals surface area contributed by atoms with Gasteiger partial charge in [-0.25, -0.2) is 0 Å². The van der Waals surface area contributed by atoms with Gasteiger partial charge in [0.2, 0.25) is 0 Å². The summed E-state index contributed by atoms with van der Waals surface area (Å²) in [6.07, 6.45) is 4.27. The Hall–Kier alpha value is -2.53. The third-order valence-electron chi connectivity index (χ3n) is 6.97. The van der Waals surface area contributed by atoms with Crippen LogP contribution in [0.15, 0.2) is 79.0 Å². The van der Waals surface area contributed by atoms with Crippen LogP contribution in [0.3, 0.4) is 0 Å². The number of rotatable bonds is 5. The first-order valence-electron chi connectivity index (χ1n) is 11.5. The molecule has 0 unspecified atom stereocenters. The molecular formula is C27H31N3O. The molecule has 31 heavy (non-hydrogen) atoms. The van der Waals surface area contributed by atoms with Crippen molar-refractivity contribution < 1.29 is 5.11 Å². The fourth-order valence-corrected chi connectivity index (χ4v) is 5.40. The fourth-order valence-electron chi connectivity index (χ4n) is 5.40. The van der Waals surface area contributed by atoms with Crippen LogP contribution in [0.1, 0.15) is 30.0 Å². The molecule has 0 aliphatic carbocycles. The zero-order valence-corrected chi connectivity index (χ0v) is 18.0. The smallest absolute Gasteiger partial charge is 0.0593 e. The van der Waals surface area contributed by atoms with Crippen LogP contribution in [0.4, 0.5) is 0 Å². The molecule has 160 valence electrons. The van der Waals surface area contributed by atoms with E-state index in [2.05, 4.69) is 81.5 Å². The van der Waals surface area contributed by atoms with E-state index in [4.69, 9.17) is 0 Å². The van der Waals surface area contributed by atoms with E-state index >= 15 is 0 Å². The number of aromatic nitrogens is 1. The van der Waals surface area contributed by atoms with E-state index in [1.165, 1.54) is 29.5 Å². The highest BCUT2D eigenvalue weighted by Crippen LogP contribution is 2.42. The molecule has 2 aromatic carbocycles. The summed E-state index contributed by atoms with van der Waals surface area (Å²) in [5.74, 6) is 0.374. The molecule has 0 saturated carbocycles. The number of aliphatic hydroxyl groups excluding tert-OH is 1. The minimum Gasteiger partial charge on any atom is -0.395 e. The molecule has 1 N–H and O–H groups in total. The molecule has 2 fully saturated rings. The fraction of sp³-hybridized carbons (Fsp3) is 0.370. The van der Waals surface area contributed by atoms with Crippen LogP contribution in [0, 0.1) is 0 Å². The zero-order valence-electron chi connectivity index (χ0n) is 18.0. The van der Waals surface area contributed by atoms with Crippen LogP contribution in [0.25, 0.3) is 11.1 Å². The van der Waals surface area contributed by atoms with Gasteiger partial charge < -0.3 is 5.11 Å². The highest BCUT2D eigenvalue weighted by molar-refractivity contribution is 5.63. The Balaban J connectivity index is 1.36. The van der Waals surface area contributed by atoms with Crippen molar-refractivity contribution in [2.45, 2.75) is 37.4 Å². The zero-order chi connectivity index (χ0) is 21.0. The standard InChI is InChI=1S/C27H31N3O/c31-20-26-27(23-13-11-22(12-14-23)21-8-2-1-3-9-21)25-19-29(16-6-7-17-30(25)26)18-24-10-4-5-15-28-24/h1-5,8-15,25-27,31H,6-7,16-20H2/t25-,26-,27-/m0/s1. The summed E-state index contributed by atoms with van der Waals surface area (Å²) >= 11 is 0. The number of hydrogen-bond donors (Lipinski definition) is 1. The molecule has 2 aliphatic heterocycles. The number of fused-ring (bicyclic) bond motifs is 1. The normalized spacial score (nSPS) is 24.6. The maximum absolute atomic E-state index is 10.2. The van der Waals surface area contributed by atoms with Gasteiger partial charge in [-0.15, -0.1) is 0 Å². The lowest BCUT2D eigenvalue weighted by molar-refractivity contribution is -0.0656. The molecule has 0 amide bonds. The molecular weight excluding hydrogens is 382 g/mol. The van der Waals surface area contributed by atoms with Crippen molar-refractivity contribution in [2.75, 3.05) is 26.2 Å². The molecule has 0 bridgehead atoms. The molecule has 4 heteroatoms. The van der Waals surface area contributed by atoms with Crippen LogP contribution in [0.5, 0.6) is 0 Å². The van der Waals surface area contributed by atoms with Crippen LogP contribution < -0.4 is 0 Å². The first-order valence-corrected chi connectivity index (χ1v) is 11.5. The van der Waals surface area contributed by atoms with Crippen LogP contribution in [0.2, 0.25) is 0 Å². The van der Waals surface area contributed by atoms with E-state index in [1.807, 2.05) is 12.3 Å². The highest BCUT2D eigenvalue weighted by Gasteiger charge is 2.49. The lowest BCUT2D eigenvalue weighted by atomic mass is 9.74. The van der Waals surface area contributed by atoms with E-state index in [-0.39, 0.29) is 12.6 Å². The van der Waals surface area contributed by atoms with Crippen molar-refractivity contribution in [3.8, 4) is 11.1 Å². The first-order chi connectivity index (χ1) is 15.3. The minimum atomic E-state index is 0.224. The summed E-state index contributed by atoms with van der Waals surface area (Å²) < 4.78 is 0. The van der Waals surface area contributed by atoms with Crippen LogP contribution in [-0.4, -0.2) is 58.2 Å². The highest BCUT2D eigenvalue weighted by atomic mass is 16.3. The number of hydrogen-bond acceptors (Lipinski definition) is 4. The van der Waals surface area contributed by atoms with E-state index < -0.39 is 0 Å². The summed E-state index contributed by atoms with van der Waals surface area (Å²) in [4.78, 5) is 9.64. The van der Waals surface area contributed by atoms with Crippen molar-refractivity contribution in [1.29, 1.82) is 0 Å². The lowest BCUT2D eigenvalue weighted by Gasteiger charge is -2.57. The third-order valence-corrected chi connectivity index (χ3v) is 6.97. The Labute approximate surface area is 185 Å². The van der Waals surface area contributed by atoms with Gasteiger partial charge in [0, 0.05) is 37.3 Å². The van der Waals surface area contributed by atoms with E-state index in [0.717, 1.165) is 31.9 Å². The van der Waals surface area contributed by atoms with Gasteiger partial charge in [-0.2, -0.15) is 0 Å². The van der Waals surface area contributed by atoms with Crippen LogP contribution >= 0.6 is 0 Å². The predicted octanol–water partition coefficient (Wildman–Crippen LogP) is 4.17. The number of benzene rings is 2. The van der Waals surface area contributed by atoms with Gasteiger partial charge in [0.25, 0.3) is 0 Å². The molecule has 3 atom stereocenters. The Morgan fingerprint density at radius 3 is 2.32 bits per heavy atom. The largest absolute Gasteiger partial charge is 0.395 e. The molecule has 2 aliphatic rings. The second kappa shape index (κ2) is 9.31. The molecule has 4 nitrogen and oxygen atoms in total. The van der Waals surface area contributed by atoms with Gasteiger partial charge in [0.15, 0.2) is 0 Å². The van der Waals surface area contributed by atoms with Crippen molar-refractivity contribution in [3.63, 3.8) is 0 Å². The van der Waals surface area contributed by atoms with Gasteiger partial charge in [-0.05, 0) is 54.8 Å². The molecule has 2 saturated heterocycles. The topological polar surface area (TPSA) is 39.6 Å². The Morgan fingerprint density at radius 1 is 0.839 bits per heavy atom. The van der Waals surface area contributed by atoms with Gasteiger partial charge in [0.05, 0.1) is 12.3 Å². The number of pyridine rings is 1. The lowest BCUT2D eigenvalue weighted by Crippen LogP contribution is -2.67. The molecule has 3 aromatic rings. The third kappa shape index (κ3) is 4.29. The summed E-state index contributed by atoms with van der Waals surface area (Å²) in [7, 11) is 0. The molecule has 1 aromatic heterocycles. The summed E-state index contributed by atoms with van der Waals surface area (Å²) in [5, 5.41) is 10.2. The number of nitrogens with zero attached hydrogens (tertiary/aromatic N) is 3. The molecule has 5 rings (SSSR count). The Bertz CT molecular complexity index is 961. The summed E-state index contributed by atoms with van der Waals surface area (Å²) in [5.41, 5.74) is 4.97. The maximum atomic E-state index is 10.2. The van der Waals surface area contributed by atoms with Crippen molar-refractivity contribution in [3.05, 3.63) is 90.3 Å². The van der Waals surface area contributed by atoms with Gasteiger partial charge in [-0.1, -0.05) is 60.7 Å². The quantitative estimate of drug-likeness (QED) is 0.681. The molecule has 0 radical (unpaired) electrons. The SMILES string of the molecule is OC[C@H]1[C@@H](c2ccc(-c3ccccc3)cc2)[C@@H]2CN(Cc3ccccn3)CCCCN12. The van der Waals surface area contributed by atoms with E-state index in [1.54, 1.807) is 0 Å². The summed E-state index contributed by atoms with van der Waals surface area (Å²) in [6.45, 7) is 4.35.